The molecule has 2 fully saturated rings. The number of carboxylic acid groups (broad SMARTS) is 1. The van der Waals surface area contributed by atoms with E-state index < -0.39 is 12.1 Å². The molecule has 0 unspecified atom stereocenters. The van der Waals surface area contributed by atoms with Gasteiger partial charge >= 0.3 is 12.1 Å². The van der Waals surface area contributed by atoms with Crippen molar-refractivity contribution < 1.29 is 37.3 Å². The number of piperazine rings is 1. The number of nitrogens with zero attached hydrogens (tertiary/aromatic N) is 5. The lowest BCUT2D eigenvalue weighted by molar-refractivity contribution is -0.192. The number of alkyl halides is 3. The van der Waals surface area contributed by atoms with E-state index in [4.69, 9.17) is 24.1 Å². The molecule has 0 amide bonds. The summed E-state index contributed by atoms with van der Waals surface area (Å²) in [5.41, 5.74) is 0. The van der Waals surface area contributed by atoms with Gasteiger partial charge in [-0.3, -0.25) is 0 Å². The molecule has 0 aromatic carbocycles. The number of nitrogens with one attached hydrogen (secondary N) is 1. The summed E-state index contributed by atoms with van der Waals surface area (Å²) in [7, 11) is 2.14. The van der Waals surface area contributed by atoms with E-state index in [-0.39, 0.29) is 0 Å². The molecule has 2 atom stereocenters. The summed E-state index contributed by atoms with van der Waals surface area (Å²) in [4.78, 5) is 26.7. The van der Waals surface area contributed by atoms with Crippen molar-refractivity contribution in [2.45, 2.75) is 38.0 Å². The van der Waals surface area contributed by atoms with E-state index >= 15 is 0 Å². The number of ether oxygens (including phenoxy) is 3. The van der Waals surface area contributed by atoms with Crippen LogP contribution in [0.1, 0.15) is 19.8 Å². The third-order valence-corrected chi connectivity index (χ3v) is 6.06. The minimum atomic E-state index is -5.08. The van der Waals surface area contributed by atoms with Crippen molar-refractivity contribution in [3.05, 3.63) is 30.7 Å². The Labute approximate surface area is 218 Å². The third kappa shape index (κ3) is 8.58. The van der Waals surface area contributed by atoms with Gasteiger partial charge in [0.15, 0.2) is 11.6 Å². The van der Waals surface area contributed by atoms with Gasteiger partial charge in [-0.05, 0) is 45.5 Å². The van der Waals surface area contributed by atoms with Crippen LogP contribution in [0.2, 0.25) is 0 Å². The van der Waals surface area contributed by atoms with Gasteiger partial charge in [0, 0.05) is 50.3 Å². The van der Waals surface area contributed by atoms with Crippen molar-refractivity contribution in [3.8, 4) is 17.5 Å². The number of likely N-dealkylation sites (N-methyl/N-ethyl adjacent to an activating group) is 1. The number of hydrogen-bond donors (Lipinski definition) is 2. The monoisotopic (exact) mass is 542 g/mol. The maximum atomic E-state index is 10.6. The van der Waals surface area contributed by atoms with E-state index in [1.807, 2.05) is 12.1 Å². The van der Waals surface area contributed by atoms with Crippen molar-refractivity contribution in [1.29, 1.82) is 0 Å². The van der Waals surface area contributed by atoms with E-state index in [0.717, 1.165) is 38.4 Å². The molecule has 4 heterocycles. The largest absolute Gasteiger partial charge is 0.490 e. The van der Waals surface area contributed by atoms with Gasteiger partial charge in [-0.25, -0.2) is 19.7 Å². The van der Waals surface area contributed by atoms with Crippen LogP contribution in [0, 0.1) is 0 Å². The first-order chi connectivity index (χ1) is 18.2. The van der Waals surface area contributed by atoms with E-state index in [1.165, 1.54) is 6.42 Å². The number of aromatic nitrogens is 3. The summed E-state index contributed by atoms with van der Waals surface area (Å²) in [6.45, 7) is 7.33. The molecule has 2 saturated heterocycles. The van der Waals surface area contributed by atoms with Gasteiger partial charge < -0.3 is 34.4 Å². The molecule has 2 aliphatic rings. The number of hydrogen-bond acceptors (Lipinski definition) is 10. The molecular formula is C24H33F3N6O5. The molecule has 11 nitrogen and oxygen atoms in total. The fourth-order valence-electron chi connectivity index (χ4n) is 4.02. The number of carbonyl (C=O) groups is 1. The number of rotatable bonds is 9. The number of halogens is 3. The lowest BCUT2D eigenvalue weighted by Crippen LogP contribution is -2.50. The van der Waals surface area contributed by atoms with Gasteiger partial charge in [-0.15, -0.1) is 0 Å². The predicted octanol–water partition coefficient (Wildman–Crippen LogP) is 2.23. The van der Waals surface area contributed by atoms with Gasteiger partial charge in [0.2, 0.25) is 0 Å². The lowest BCUT2D eigenvalue weighted by Gasteiger charge is -2.35. The van der Waals surface area contributed by atoms with Crippen molar-refractivity contribution in [1.82, 2.24) is 25.2 Å². The first kappa shape index (κ1) is 29.2. The summed E-state index contributed by atoms with van der Waals surface area (Å²) < 4.78 is 49.5. The normalized spacial score (nSPS) is 19.9. The topological polar surface area (TPSA) is 122 Å². The zero-order valence-electron chi connectivity index (χ0n) is 21.4. The molecule has 0 saturated carbocycles. The second-order valence-electron chi connectivity index (χ2n) is 8.83. The van der Waals surface area contributed by atoms with Crippen LogP contribution in [-0.4, -0.2) is 102 Å². The molecule has 38 heavy (non-hydrogen) atoms. The van der Waals surface area contributed by atoms with E-state index in [9.17, 15) is 13.2 Å². The maximum Gasteiger partial charge on any atom is 0.490 e. The highest BCUT2D eigenvalue weighted by molar-refractivity contribution is 5.73. The molecule has 4 rings (SSSR count). The van der Waals surface area contributed by atoms with Crippen LogP contribution in [0.5, 0.6) is 17.5 Å². The summed E-state index contributed by atoms with van der Waals surface area (Å²) in [5, 5.41) is 10.5. The molecule has 2 aliphatic heterocycles. The van der Waals surface area contributed by atoms with Crippen LogP contribution in [0.3, 0.4) is 0 Å². The Morgan fingerprint density at radius 2 is 1.82 bits per heavy atom. The van der Waals surface area contributed by atoms with Crippen molar-refractivity contribution in [2.75, 3.05) is 57.9 Å². The average molecular weight is 543 g/mol. The first-order valence-corrected chi connectivity index (χ1v) is 12.3. The fourth-order valence-corrected chi connectivity index (χ4v) is 4.02. The maximum absolute atomic E-state index is 10.6. The Kier molecular flexibility index (Phi) is 10.7. The second-order valence-corrected chi connectivity index (χ2v) is 8.83. The fraction of sp³-hybridized carbons (Fsp3) is 0.583. The van der Waals surface area contributed by atoms with Gasteiger partial charge in [0.25, 0.3) is 11.8 Å². The molecule has 2 aromatic rings. The standard InChI is InChI=1S/C22H32N6O3.C2HF3O2/c1-17-15-23-10-12-28(17)20-22(26-9-8-24-20)30-14-13-29-19-6-3-7-25-21(19)31-16-18-5-4-11-27(18)2;3-2(4,5)1(6)7/h3,6-9,17-18,23H,4-5,10-16H2,1-2H3;(H,6,7)/t17-,18+;/m1./s1. The Balaban J connectivity index is 0.000000505. The molecule has 0 aliphatic carbocycles. The zero-order chi connectivity index (χ0) is 27.5. The predicted molar refractivity (Wildman–Crippen MR) is 132 cm³/mol. The van der Waals surface area contributed by atoms with Crippen LogP contribution in [-0.2, 0) is 4.79 Å². The minimum Gasteiger partial charge on any atom is -0.484 e. The molecule has 2 N–H and O–H groups in total. The van der Waals surface area contributed by atoms with Gasteiger partial charge in [-0.2, -0.15) is 13.2 Å². The van der Waals surface area contributed by atoms with Crippen LogP contribution >= 0.6 is 0 Å². The zero-order valence-corrected chi connectivity index (χ0v) is 21.4. The van der Waals surface area contributed by atoms with Crippen LogP contribution in [0.25, 0.3) is 0 Å². The Morgan fingerprint density at radius 3 is 2.50 bits per heavy atom. The van der Waals surface area contributed by atoms with Gasteiger partial charge in [0.1, 0.15) is 19.8 Å². The highest BCUT2D eigenvalue weighted by Crippen LogP contribution is 2.27. The highest BCUT2D eigenvalue weighted by Gasteiger charge is 2.38. The first-order valence-electron chi connectivity index (χ1n) is 12.3. The number of likely N-dealkylation sites (tertiary alicyclic amines) is 1. The van der Waals surface area contributed by atoms with Crippen molar-refractivity contribution in [3.63, 3.8) is 0 Å². The molecule has 0 spiro atoms. The number of carboxylic acids is 1. The summed E-state index contributed by atoms with van der Waals surface area (Å²) in [6, 6.07) is 4.48. The van der Waals surface area contributed by atoms with Crippen LogP contribution < -0.4 is 24.4 Å². The lowest BCUT2D eigenvalue weighted by atomic mass is 10.2. The van der Waals surface area contributed by atoms with E-state index in [0.29, 0.717) is 49.4 Å². The quantitative estimate of drug-likeness (QED) is 0.454. The Hall–Kier alpha value is -3.39. The van der Waals surface area contributed by atoms with Crippen LogP contribution in [0.15, 0.2) is 30.7 Å². The molecule has 2 aromatic heterocycles. The van der Waals surface area contributed by atoms with Gasteiger partial charge in [-0.1, -0.05) is 0 Å². The summed E-state index contributed by atoms with van der Waals surface area (Å²) in [5.74, 6) is -0.290. The Bertz CT molecular complexity index is 1030. The van der Waals surface area contributed by atoms with Crippen molar-refractivity contribution >= 4 is 11.8 Å². The summed E-state index contributed by atoms with van der Waals surface area (Å²) in [6.07, 6.45) is 2.36. The van der Waals surface area contributed by atoms with Crippen molar-refractivity contribution in [2.24, 2.45) is 0 Å². The third-order valence-electron chi connectivity index (χ3n) is 6.06. The molecule has 0 radical (unpaired) electrons. The number of aliphatic carboxylic acids is 1. The van der Waals surface area contributed by atoms with E-state index in [1.54, 1.807) is 18.6 Å². The molecule has 210 valence electrons. The SMILES string of the molecule is C[C@@H]1CNCCN1c1nccnc1OCCOc1cccnc1OC[C@@H]1CCCN1C.O=C(O)C(F)(F)F. The smallest absolute Gasteiger partial charge is 0.484 e. The van der Waals surface area contributed by atoms with Crippen LogP contribution in [0.4, 0.5) is 19.0 Å². The average Bonchev–Trinajstić information content (AvgIpc) is 3.31. The summed E-state index contributed by atoms with van der Waals surface area (Å²) >= 11 is 0. The molecule has 14 heteroatoms. The minimum absolute atomic E-state index is 0.332. The van der Waals surface area contributed by atoms with Gasteiger partial charge in [0.05, 0.1) is 0 Å². The molecular weight excluding hydrogens is 509 g/mol. The second kappa shape index (κ2) is 14.0. The van der Waals surface area contributed by atoms with E-state index in [2.05, 4.69) is 44.0 Å². The number of anilines is 1. The molecule has 0 bridgehead atoms. The number of pyridine rings is 1. The highest BCUT2D eigenvalue weighted by atomic mass is 19.4. The Morgan fingerprint density at radius 1 is 1.11 bits per heavy atom.